The van der Waals surface area contributed by atoms with Crippen molar-refractivity contribution < 1.29 is 35.1 Å². The fourth-order valence-electron chi connectivity index (χ4n) is 4.66. The van der Waals surface area contributed by atoms with E-state index in [2.05, 4.69) is 40.9 Å². The lowest BCUT2D eigenvalue weighted by Gasteiger charge is -2.27. The summed E-state index contributed by atoms with van der Waals surface area (Å²) in [6, 6.07) is 7.30. The molecular weight excluding hydrogens is 755 g/mol. The molecule has 0 fully saturated rings. The largest absolute Gasteiger partial charge is 0.450 e. The van der Waals surface area contributed by atoms with E-state index in [0.717, 1.165) is 0 Å². The SMILES string of the molecule is C#CN=c1ccc2nc3c(Cl)c4c(c(Cl)c3oc-2c1S(=O)(=O)O)Nc1ccc(NCCNc2nc(Cl)nc(SC)n2)c(S(=O)(=O)O)c1O4. The summed E-state index contributed by atoms with van der Waals surface area (Å²) in [5.74, 6) is -0.715. The van der Waals surface area contributed by atoms with Gasteiger partial charge in [-0.2, -0.15) is 36.8 Å². The van der Waals surface area contributed by atoms with Gasteiger partial charge in [-0.05, 0) is 42.1 Å². The highest BCUT2D eigenvalue weighted by Crippen LogP contribution is 2.55. The molecule has 2 aromatic carbocycles. The Labute approximate surface area is 290 Å². The molecule has 0 atom stereocenters. The van der Waals surface area contributed by atoms with E-state index in [1.54, 1.807) is 6.26 Å². The molecule has 5 N–H and O–H groups in total. The van der Waals surface area contributed by atoms with Crippen LogP contribution < -0.4 is 26.0 Å². The molecule has 22 heteroatoms. The Kier molecular flexibility index (Phi) is 8.95. The number of anilines is 4. The van der Waals surface area contributed by atoms with Gasteiger partial charge in [-0.25, -0.2) is 4.98 Å². The number of thioether (sulfide) groups is 1. The maximum absolute atomic E-state index is 12.7. The molecule has 6 rings (SSSR count). The molecule has 3 heterocycles. The Morgan fingerprint density at radius 3 is 2.38 bits per heavy atom. The molecule has 0 amide bonds. The first-order valence-corrected chi connectivity index (χ1v) is 18.2. The molecule has 0 unspecified atom stereocenters. The predicted molar refractivity (Wildman–Crippen MR) is 178 cm³/mol. The molecule has 248 valence electrons. The molecule has 2 aliphatic heterocycles. The van der Waals surface area contributed by atoms with Crippen LogP contribution >= 0.6 is 46.6 Å². The number of hydrogen-bond donors (Lipinski definition) is 5. The van der Waals surface area contributed by atoms with Crippen molar-refractivity contribution in [3.05, 3.63) is 45.0 Å². The number of halogens is 3. The standard InChI is InChI=1S/C26H17Cl3N8O8S3/c1-3-30-12-6-4-10-18(22(12)47(38,39)40)44-20-14(27)17-21(15(28)16(20)33-10)45-19-11(34-17)5-7-13(23(19)48(41,42)43)31-8-9-32-25-35-24(29)36-26(37-25)46-2/h1,4-7,31,34H,8-9H2,2H3,(H,38,39,40)(H,41,42,43)(H,32,35,36,37). The summed E-state index contributed by atoms with van der Waals surface area (Å²) in [4.78, 5) is 18.8. The summed E-state index contributed by atoms with van der Waals surface area (Å²) in [6.45, 7) is 0.326. The van der Waals surface area contributed by atoms with Crippen molar-refractivity contribution in [1.82, 2.24) is 19.9 Å². The van der Waals surface area contributed by atoms with E-state index in [1.165, 1.54) is 36.0 Å². The van der Waals surface area contributed by atoms with Crippen molar-refractivity contribution in [2.75, 3.05) is 35.3 Å². The average molecular weight is 772 g/mol. The first-order chi connectivity index (χ1) is 22.7. The van der Waals surface area contributed by atoms with Gasteiger partial charge in [-0.15, -0.1) is 0 Å². The number of benzene rings is 3. The number of fused-ring (bicyclic) bond motifs is 4. The average Bonchev–Trinajstić information content (AvgIpc) is 3.02. The molecule has 48 heavy (non-hydrogen) atoms. The lowest BCUT2D eigenvalue weighted by atomic mass is 10.1. The first kappa shape index (κ1) is 33.8. The Hall–Kier alpha value is -4.13. The van der Waals surface area contributed by atoms with Gasteiger partial charge < -0.3 is 25.1 Å². The maximum atomic E-state index is 12.7. The van der Waals surface area contributed by atoms with Crippen molar-refractivity contribution >= 4 is 101 Å². The fourth-order valence-corrected chi connectivity index (χ4v) is 7.31. The minimum atomic E-state index is -4.93. The second kappa shape index (κ2) is 12.7. The Morgan fingerprint density at radius 1 is 0.958 bits per heavy atom. The number of aromatic nitrogens is 4. The second-order valence-corrected chi connectivity index (χ2v) is 14.1. The molecule has 1 aliphatic carbocycles. The van der Waals surface area contributed by atoms with Crippen molar-refractivity contribution in [2.24, 2.45) is 4.99 Å². The molecule has 0 radical (unpaired) electrons. The van der Waals surface area contributed by atoms with E-state index in [0.29, 0.717) is 5.16 Å². The van der Waals surface area contributed by atoms with E-state index in [9.17, 15) is 25.9 Å². The van der Waals surface area contributed by atoms with Crippen molar-refractivity contribution in [1.29, 1.82) is 0 Å². The number of rotatable bonds is 8. The lowest BCUT2D eigenvalue weighted by Crippen LogP contribution is -2.18. The van der Waals surface area contributed by atoms with Gasteiger partial charge in [0, 0.05) is 19.1 Å². The van der Waals surface area contributed by atoms with Crippen LogP contribution in [0, 0.1) is 12.5 Å². The van der Waals surface area contributed by atoms with Crippen LogP contribution in [-0.2, 0) is 20.2 Å². The number of ether oxygens (including phenoxy) is 1. The normalized spacial score (nSPS) is 13.0. The molecule has 0 saturated carbocycles. The molecular formula is C26H17Cl3N8O8S3. The third kappa shape index (κ3) is 6.24. The van der Waals surface area contributed by atoms with E-state index >= 15 is 0 Å². The van der Waals surface area contributed by atoms with Crippen LogP contribution in [0.1, 0.15) is 0 Å². The van der Waals surface area contributed by atoms with Crippen molar-refractivity contribution in [3.63, 3.8) is 0 Å². The van der Waals surface area contributed by atoms with E-state index in [1.807, 2.05) is 6.04 Å². The van der Waals surface area contributed by atoms with Gasteiger partial charge in [0.05, 0.1) is 16.7 Å². The minimum absolute atomic E-state index is 0.00346. The van der Waals surface area contributed by atoms with Gasteiger partial charge in [0.15, 0.2) is 37.8 Å². The van der Waals surface area contributed by atoms with E-state index in [-0.39, 0.29) is 85.1 Å². The smallest absolute Gasteiger partial charge is 0.300 e. The third-order valence-corrected chi connectivity index (χ3v) is 9.81. The minimum Gasteiger partial charge on any atom is -0.450 e. The van der Waals surface area contributed by atoms with Crippen LogP contribution in [-0.4, -0.2) is 65.2 Å². The van der Waals surface area contributed by atoms with Crippen LogP contribution in [0.25, 0.3) is 22.6 Å². The van der Waals surface area contributed by atoms with Gasteiger partial charge in [0.2, 0.25) is 11.2 Å². The van der Waals surface area contributed by atoms with Crippen LogP contribution in [0.15, 0.2) is 48.6 Å². The zero-order chi connectivity index (χ0) is 34.5. The highest BCUT2D eigenvalue weighted by atomic mass is 35.5. The quantitative estimate of drug-likeness (QED) is 0.0442. The summed E-state index contributed by atoms with van der Waals surface area (Å²) < 4.78 is 81.9. The van der Waals surface area contributed by atoms with Crippen LogP contribution in [0.2, 0.25) is 15.3 Å². The Bertz CT molecular complexity index is 2470. The molecule has 0 saturated heterocycles. The summed E-state index contributed by atoms with van der Waals surface area (Å²) in [6.07, 6.45) is 6.98. The molecule has 0 spiro atoms. The van der Waals surface area contributed by atoms with Crippen molar-refractivity contribution in [3.8, 4) is 35.4 Å². The van der Waals surface area contributed by atoms with E-state index < -0.39 is 35.8 Å². The highest BCUT2D eigenvalue weighted by Gasteiger charge is 2.34. The maximum Gasteiger partial charge on any atom is 0.300 e. The summed E-state index contributed by atoms with van der Waals surface area (Å²) in [5.41, 5.74) is -0.386. The van der Waals surface area contributed by atoms with Gasteiger partial charge in [0.1, 0.15) is 26.9 Å². The molecule has 3 aromatic rings. The number of nitrogens with one attached hydrogen (secondary N) is 3. The van der Waals surface area contributed by atoms with Crippen LogP contribution in [0.4, 0.5) is 23.0 Å². The van der Waals surface area contributed by atoms with Crippen molar-refractivity contribution in [2.45, 2.75) is 14.9 Å². The monoisotopic (exact) mass is 770 g/mol. The predicted octanol–water partition coefficient (Wildman–Crippen LogP) is 5.16. The zero-order valence-electron chi connectivity index (χ0n) is 23.7. The fraction of sp³-hybridized carbons (Fsp3) is 0.115. The number of nitrogens with zero attached hydrogens (tertiary/aromatic N) is 5. The molecule has 16 nitrogen and oxygen atoms in total. The van der Waals surface area contributed by atoms with E-state index in [4.69, 9.17) is 50.4 Å². The summed E-state index contributed by atoms with van der Waals surface area (Å²) >= 11 is 20.5. The first-order valence-electron chi connectivity index (χ1n) is 13.0. The topological polar surface area (TPSA) is 231 Å². The Balaban J connectivity index is 1.40. The number of terminal acetylenes is 1. The third-order valence-electron chi connectivity index (χ3n) is 6.55. The van der Waals surface area contributed by atoms with Gasteiger partial charge >= 0.3 is 10.1 Å². The van der Waals surface area contributed by atoms with Gasteiger partial charge in [-0.3, -0.25) is 9.11 Å². The molecule has 1 aromatic heterocycles. The summed E-state index contributed by atoms with van der Waals surface area (Å²) in [5, 5.41) is 8.47. The summed E-state index contributed by atoms with van der Waals surface area (Å²) in [7, 11) is -9.84. The number of hydrogen-bond acceptors (Lipinski definition) is 15. The van der Waals surface area contributed by atoms with Crippen LogP contribution in [0.5, 0.6) is 11.5 Å². The molecule has 0 bridgehead atoms. The van der Waals surface area contributed by atoms with Gasteiger partial charge in [0.25, 0.3) is 10.1 Å². The lowest BCUT2D eigenvalue weighted by molar-refractivity contribution is 0.449. The molecule has 3 aliphatic rings. The van der Waals surface area contributed by atoms with Gasteiger partial charge in [-0.1, -0.05) is 41.4 Å². The second-order valence-electron chi connectivity index (χ2n) is 9.49. The van der Waals surface area contributed by atoms with Crippen LogP contribution in [0.3, 0.4) is 0 Å². The highest BCUT2D eigenvalue weighted by molar-refractivity contribution is 7.98. The zero-order valence-corrected chi connectivity index (χ0v) is 28.5. The Morgan fingerprint density at radius 2 is 1.69 bits per heavy atom.